The summed E-state index contributed by atoms with van der Waals surface area (Å²) in [7, 11) is 0. The minimum absolute atomic E-state index is 0.146. The molecule has 1 saturated heterocycles. The Balaban J connectivity index is 1.75. The predicted octanol–water partition coefficient (Wildman–Crippen LogP) is 4.79. The van der Waals surface area contributed by atoms with Gasteiger partial charge in [0.25, 0.3) is 0 Å². The molecule has 0 amide bonds. The van der Waals surface area contributed by atoms with E-state index in [1.165, 1.54) is 12.1 Å². The minimum Gasteiger partial charge on any atom is -0.376 e. The van der Waals surface area contributed by atoms with Crippen molar-refractivity contribution in [2.24, 2.45) is 0 Å². The van der Waals surface area contributed by atoms with Crippen molar-refractivity contribution in [1.82, 2.24) is 9.97 Å². The van der Waals surface area contributed by atoms with Crippen LogP contribution >= 0.6 is 11.6 Å². The van der Waals surface area contributed by atoms with Gasteiger partial charge in [-0.1, -0.05) is 11.6 Å². The molecule has 26 heavy (non-hydrogen) atoms. The Bertz CT molecular complexity index is 779. The number of hydrogen-bond donors (Lipinski definition) is 2. The second-order valence-electron chi connectivity index (χ2n) is 6.05. The fourth-order valence-electron chi connectivity index (χ4n) is 2.69. The van der Waals surface area contributed by atoms with E-state index in [1.807, 2.05) is 0 Å². The van der Waals surface area contributed by atoms with Gasteiger partial charge in [-0.2, -0.15) is 18.2 Å². The first-order chi connectivity index (χ1) is 12.3. The van der Waals surface area contributed by atoms with E-state index in [4.69, 9.17) is 16.3 Å². The first-order valence-electron chi connectivity index (χ1n) is 8.16. The van der Waals surface area contributed by atoms with Crippen LogP contribution in [0.15, 0.2) is 24.3 Å². The van der Waals surface area contributed by atoms with E-state index in [-0.39, 0.29) is 22.8 Å². The second-order valence-corrected chi connectivity index (χ2v) is 6.46. The molecule has 0 spiro atoms. The molecule has 2 aromatic rings. The molecule has 1 aromatic carbocycles. The predicted molar refractivity (Wildman–Crippen MR) is 94.0 cm³/mol. The Labute approximate surface area is 153 Å². The van der Waals surface area contributed by atoms with Crippen LogP contribution in [0.3, 0.4) is 0 Å². The van der Waals surface area contributed by atoms with Gasteiger partial charge in [-0.25, -0.2) is 4.98 Å². The lowest BCUT2D eigenvalue weighted by atomic mass is 10.2. The third-order valence-electron chi connectivity index (χ3n) is 3.92. The largest absolute Gasteiger partial charge is 0.417 e. The summed E-state index contributed by atoms with van der Waals surface area (Å²) in [6, 6.07) is 5.35. The molecule has 9 heteroatoms. The molecular formula is C17H18ClF3N4O. The summed E-state index contributed by atoms with van der Waals surface area (Å²) in [5.41, 5.74) is -0.0201. The summed E-state index contributed by atoms with van der Waals surface area (Å²) in [6.07, 6.45) is -2.35. The first kappa shape index (κ1) is 18.7. The van der Waals surface area contributed by atoms with Gasteiger partial charge >= 0.3 is 6.18 Å². The van der Waals surface area contributed by atoms with Gasteiger partial charge in [0, 0.05) is 30.6 Å². The van der Waals surface area contributed by atoms with Crippen LogP contribution in [0.5, 0.6) is 0 Å². The van der Waals surface area contributed by atoms with E-state index in [9.17, 15) is 13.2 Å². The maximum atomic E-state index is 13.0. The van der Waals surface area contributed by atoms with E-state index in [2.05, 4.69) is 20.6 Å². The Morgan fingerprint density at radius 1 is 1.27 bits per heavy atom. The third-order valence-corrected chi connectivity index (χ3v) is 4.25. The highest BCUT2D eigenvalue weighted by Crippen LogP contribution is 2.36. The van der Waals surface area contributed by atoms with E-state index in [0.29, 0.717) is 18.1 Å². The van der Waals surface area contributed by atoms with Gasteiger partial charge in [0.1, 0.15) is 5.82 Å². The molecule has 1 aliphatic heterocycles. The van der Waals surface area contributed by atoms with Gasteiger partial charge in [0.15, 0.2) is 0 Å². The zero-order valence-corrected chi connectivity index (χ0v) is 14.8. The van der Waals surface area contributed by atoms with E-state index in [1.54, 1.807) is 13.0 Å². The van der Waals surface area contributed by atoms with Gasteiger partial charge in [-0.3, -0.25) is 0 Å². The molecule has 0 radical (unpaired) electrons. The lowest BCUT2D eigenvalue weighted by Crippen LogP contribution is -2.19. The maximum Gasteiger partial charge on any atom is 0.417 e. The topological polar surface area (TPSA) is 59.1 Å². The van der Waals surface area contributed by atoms with Crippen LogP contribution in [-0.2, 0) is 10.9 Å². The number of ether oxygens (including phenoxy) is 1. The molecule has 5 nitrogen and oxygen atoms in total. The number of halogens is 4. The zero-order valence-electron chi connectivity index (χ0n) is 14.0. The zero-order chi connectivity index (χ0) is 18.7. The molecule has 0 saturated carbocycles. The fraction of sp³-hybridized carbons (Fsp3) is 0.412. The van der Waals surface area contributed by atoms with Crippen molar-refractivity contribution in [2.45, 2.75) is 32.0 Å². The maximum absolute atomic E-state index is 13.0. The van der Waals surface area contributed by atoms with Crippen LogP contribution in [0.25, 0.3) is 0 Å². The first-order valence-corrected chi connectivity index (χ1v) is 8.54. The highest BCUT2D eigenvalue weighted by atomic mass is 35.5. The number of hydrogen-bond acceptors (Lipinski definition) is 5. The second kappa shape index (κ2) is 7.67. The van der Waals surface area contributed by atoms with Crippen LogP contribution in [0.2, 0.25) is 5.02 Å². The Kier molecular flexibility index (Phi) is 5.52. The fourth-order valence-corrected chi connectivity index (χ4v) is 2.91. The number of alkyl halides is 3. The summed E-state index contributed by atoms with van der Waals surface area (Å²) in [5, 5.41) is 5.63. The molecule has 1 aliphatic rings. The van der Waals surface area contributed by atoms with Gasteiger partial charge in [0.2, 0.25) is 5.95 Å². The molecule has 2 N–H and O–H groups in total. The Morgan fingerprint density at radius 2 is 2.08 bits per heavy atom. The van der Waals surface area contributed by atoms with Crippen molar-refractivity contribution in [3.05, 3.63) is 40.5 Å². The molecule has 1 atom stereocenters. The Morgan fingerprint density at radius 3 is 2.77 bits per heavy atom. The molecule has 0 aliphatic carbocycles. The number of nitrogens with zero attached hydrogens (tertiary/aromatic N) is 2. The van der Waals surface area contributed by atoms with Crippen molar-refractivity contribution in [3.8, 4) is 0 Å². The van der Waals surface area contributed by atoms with Gasteiger partial charge in [0.05, 0.1) is 16.7 Å². The summed E-state index contributed by atoms with van der Waals surface area (Å²) in [6.45, 7) is 3.17. The SMILES string of the molecule is Cc1cc(NCC2CCCO2)nc(Nc2ccc(Cl)c(C(F)(F)F)c2)n1. The number of aryl methyl sites for hydroxylation is 1. The average molecular weight is 387 g/mol. The smallest absolute Gasteiger partial charge is 0.376 e. The minimum atomic E-state index is -4.53. The summed E-state index contributed by atoms with van der Waals surface area (Å²) in [4.78, 5) is 8.52. The molecule has 140 valence electrons. The summed E-state index contributed by atoms with van der Waals surface area (Å²) in [5.74, 6) is 0.788. The van der Waals surface area contributed by atoms with Crippen LogP contribution < -0.4 is 10.6 Å². The standard InChI is InChI=1S/C17H18ClF3N4O/c1-10-7-15(22-9-12-3-2-6-26-12)25-16(23-10)24-11-4-5-14(18)13(8-11)17(19,20)21/h4-5,7-8,12H,2-3,6,9H2,1H3,(H2,22,23,24,25). The van der Waals surface area contributed by atoms with Crippen molar-refractivity contribution >= 4 is 29.1 Å². The van der Waals surface area contributed by atoms with Gasteiger partial charge in [-0.05, 0) is 38.0 Å². The van der Waals surface area contributed by atoms with Crippen molar-refractivity contribution < 1.29 is 17.9 Å². The average Bonchev–Trinajstić information content (AvgIpc) is 3.07. The van der Waals surface area contributed by atoms with Crippen LogP contribution in [0.1, 0.15) is 24.1 Å². The lowest BCUT2D eigenvalue weighted by Gasteiger charge is -2.14. The molecule has 0 bridgehead atoms. The molecule has 2 heterocycles. The van der Waals surface area contributed by atoms with Crippen LogP contribution in [0.4, 0.5) is 30.6 Å². The molecule has 3 rings (SSSR count). The lowest BCUT2D eigenvalue weighted by molar-refractivity contribution is -0.137. The van der Waals surface area contributed by atoms with E-state index >= 15 is 0 Å². The monoisotopic (exact) mass is 386 g/mol. The number of aromatic nitrogens is 2. The number of rotatable bonds is 5. The molecule has 1 fully saturated rings. The van der Waals surface area contributed by atoms with Gasteiger partial charge < -0.3 is 15.4 Å². The molecule has 1 unspecified atom stereocenters. The van der Waals surface area contributed by atoms with Crippen LogP contribution in [-0.4, -0.2) is 29.2 Å². The van der Waals surface area contributed by atoms with Crippen LogP contribution in [0, 0.1) is 6.92 Å². The normalized spacial score (nSPS) is 17.3. The summed E-state index contributed by atoms with van der Waals surface area (Å²) >= 11 is 5.64. The molecule has 1 aromatic heterocycles. The van der Waals surface area contributed by atoms with E-state index < -0.39 is 11.7 Å². The number of anilines is 3. The number of nitrogens with one attached hydrogen (secondary N) is 2. The number of benzene rings is 1. The Hall–Kier alpha value is -2.06. The van der Waals surface area contributed by atoms with Crippen molar-refractivity contribution in [2.75, 3.05) is 23.8 Å². The quantitative estimate of drug-likeness (QED) is 0.773. The van der Waals surface area contributed by atoms with Crippen molar-refractivity contribution in [3.63, 3.8) is 0 Å². The van der Waals surface area contributed by atoms with Gasteiger partial charge in [-0.15, -0.1) is 0 Å². The third kappa shape index (κ3) is 4.76. The highest BCUT2D eigenvalue weighted by molar-refractivity contribution is 6.31. The highest BCUT2D eigenvalue weighted by Gasteiger charge is 2.33. The summed E-state index contributed by atoms with van der Waals surface area (Å²) < 4.78 is 44.5. The molecular weight excluding hydrogens is 369 g/mol. The van der Waals surface area contributed by atoms with Crippen molar-refractivity contribution in [1.29, 1.82) is 0 Å². The van der Waals surface area contributed by atoms with E-state index in [0.717, 1.165) is 25.5 Å².